The van der Waals surface area contributed by atoms with E-state index in [4.69, 9.17) is 0 Å². The lowest BCUT2D eigenvalue weighted by molar-refractivity contribution is -0.117. The maximum Gasteiger partial charge on any atom is 0.302 e. The second kappa shape index (κ2) is 4.97. The molecule has 0 saturated carbocycles. The standard InChI is InChI=1S/C11H10F3NO4S/c12-7-2-8(13)10(16)3-9(7)15-4-6(1-11(15)17)5-20(14,18)19/h2-3,6,16H,1,4-5H2. The molecule has 1 aromatic rings. The first-order valence-corrected chi connectivity index (χ1v) is 7.13. The molecule has 1 N–H and O–H groups in total. The average Bonchev–Trinajstić information content (AvgIpc) is 2.62. The third kappa shape index (κ3) is 3.03. The van der Waals surface area contributed by atoms with Crippen molar-refractivity contribution in [3.05, 3.63) is 23.8 Å². The van der Waals surface area contributed by atoms with Gasteiger partial charge in [-0.05, 0) is 0 Å². The molecule has 0 aliphatic carbocycles. The number of amides is 1. The number of rotatable bonds is 3. The van der Waals surface area contributed by atoms with Gasteiger partial charge in [-0.2, -0.15) is 8.42 Å². The van der Waals surface area contributed by atoms with E-state index < -0.39 is 45.2 Å². The summed E-state index contributed by atoms with van der Waals surface area (Å²) in [6.07, 6.45) is -0.263. The summed E-state index contributed by atoms with van der Waals surface area (Å²) in [4.78, 5) is 12.6. The predicted molar refractivity (Wildman–Crippen MR) is 63.4 cm³/mol. The van der Waals surface area contributed by atoms with E-state index in [1.54, 1.807) is 0 Å². The van der Waals surface area contributed by atoms with Crippen LogP contribution in [0.25, 0.3) is 0 Å². The van der Waals surface area contributed by atoms with Gasteiger partial charge in [0.05, 0.1) is 11.4 Å². The highest BCUT2D eigenvalue weighted by Crippen LogP contribution is 2.32. The normalized spacial score (nSPS) is 19.6. The van der Waals surface area contributed by atoms with Gasteiger partial charge in [-0.15, -0.1) is 3.89 Å². The Hall–Kier alpha value is -1.77. The zero-order valence-electron chi connectivity index (χ0n) is 10.0. The fourth-order valence-corrected chi connectivity index (χ4v) is 2.93. The number of benzene rings is 1. The van der Waals surface area contributed by atoms with E-state index in [9.17, 15) is 31.0 Å². The number of hydrogen-bond donors (Lipinski definition) is 1. The first-order valence-electron chi connectivity index (χ1n) is 5.58. The highest BCUT2D eigenvalue weighted by molar-refractivity contribution is 7.86. The lowest BCUT2D eigenvalue weighted by Crippen LogP contribution is -2.26. The topological polar surface area (TPSA) is 74.7 Å². The van der Waals surface area contributed by atoms with Crippen LogP contribution >= 0.6 is 0 Å². The molecule has 1 amide bonds. The van der Waals surface area contributed by atoms with Crippen molar-refractivity contribution in [1.82, 2.24) is 0 Å². The molecule has 9 heteroatoms. The van der Waals surface area contributed by atoms with E-state index >= 15 is 0 Å². The third-order valence-electron chi connectivity index (χ3n) is 2.95. The van der Waals surface area contributed by atoms with E-state index in [1.165, 1.54) is 0 Å². The van der Waals surface area contributed by atoms with Crippen molar-refractivity contribution in [2.45, 2.75) is 6.42 Å². The highest BCUT2D eigenvalue weighted by Gasteiger charge is 2.35. The van der Waals surface area contributed by atoms with Gasteiger partial charge in [-0.3, -0.25) is 4.79 Å². The van der Waals surface area contributed by atoms with Gasteiger partial charge < -0.3 is 10.0 Å². The van der Waals surface area contributed by atoms with Crippen molar-refractivity contribution in [1.29, 1.82) is 0 Å². The number of aromatic hydroxyl groups is 1. The lowest BCUT2D eigenvalue weighted by Gasteiger charge is -2.17. The largest absolute Gasteiger partial charge is 0.505 e. The minimum atomic E-state index is -4.74. The Labute approximate surface area is 112 Å². The molecular formula is C11H10F3NO4S. The summed E-state index contributed by atoms with van der Waals surface area (Å²) in [6.45, 7) is -0.218. The first-order chi connectivity index (χ1) is 9.17. The van der Waals surface area contributed by atoms with Crippen molar-refractivity contribution < 1.29 is 31.0 Å². The van der Waals surface area contributed by atoms with Gasteiger partial charge in [0.15, 0.2) is 11.6 Å². The number of phenols is 1. The Balaban J connectivity index is 2.26. The number of carbonyl (C=O) groups excluding carboxylic acids is 1. The molecule has 0 spiro atoms. The number of anilines is 1. The van der Waals surface area contributed by atoms with Crippen LogP contribution in [0.15, 0.2) is 12.1 Å². The molecule has 1 aliphatic rings. The van der Waals surface area contributed by atoms with Gasteiger partial charge in [0.2, 0.25) is 5.91 Å². The molecule has 5 nitrogen and oxygen atoms in total. The summed E-state index contributed by atoms with van der Waals surface area (Å²) in [6, 6.07) is 1.14. The fraction of sp³-hybridized carbons (Fsp3) is 0.364. The predicted octanol–water partition coefficient (Wildman–Crippen LogP) is 1.32. The molecule has 0 bridgehead atoms. The molecule has 2 rings (SSSR count). The van der Waals surface area contributed by atoms with Crippen LogP contribution in [0, 0.1) is 17.6 Å². The SMILES string of the molecule is O=C1CC(CS(=O)(=O)F)CN1c1cc(O)c(F)cc1F. The highest BCUT2D eigenvalue weighted by atomic mass is 32.3. The Kier molecular flexibility index (Phi) is 3.63. The quantitative estimate of drug-likeness (QED) is 0.855. The van der Waals surface area contributed by atoms with E-state index in [1.807, 2.05) is 0 Å². The fourth-order valence-electron chi connectivity index (χ4n) is 2.14. The number of carbonyl (C=O) groups is 1. The number of hydrogen-bond acceptors (Lipinski definition) is 4. The van der Waals surface area contributed by atoms with Gasteiger partial charge in [-0.1, -0.05) is 0 Å². The van der Waals surface area contributed by atoms with Gasteiger partial charge in [0.25, 0.3) is 0 Å². The molecule has 1 atom stereocenters. The van der Waals surface area contributed by atoms with Crippen molar-refractivity contribution in [2.24, 2.45) is 5.92 Å². The first kappa shape index (κ1) is 14.6. The Morgan fingerprint density at radius 2 is 1.95 bits per heavy atom. The van der Waals surface area contributed by atoms with Gasteiger partial charge in [0.1, 0.15) is 5.82 Å². The maximum absolute atomic E-state index is 13.6. The van der Waals surface area contributed by atoms with Gasteiger partial charge in [-0.25, -0.2) is 8.78 Å². The molecule has 1 aliphatic heterocycles. The van der Waals surface area contributed by atoms with Crippen LogP contribution in [0.1, 0.15) is 6.42 Å². The van der Waals surface area contributed by atoms with Crippen LogP contribution in [0.2, 0.25) is 0 Å². The third-order valence-corrected chi connectivity index (χ3v) is 3.82. The van der Waals surface area contributed by atoms with Crippen LogP contribution in [0.4, 0.5) is 18.4 Å². The summed E-state index contributed by atoms with van der Waals surface area (Å²) in [7, 11) is -4.74. The van der Waals surface area contributed by atoms with Crippen LogP contribution in [-0.2, 0) is 15.0 Å². The second-order valence-electron chi connectivity index (χ2n) is 4.54. The number of nitrogens with zero attached hydrogens (tertiary/aromatic N) is 1. The molecule has 1 unspecified atom stereocenters. The van der Waals surface area contributed by atoms with Crippen LogP contribution in [0.3, 0.4) is 0 Å². The second-order valence-corrected chi connectivity index (χ2v) is 5.95. The molecule has 20 heavy (non-hydrogen) atoms. The van der Waals surface area contributed by atoms with Crippen LogP contribution in [0.5, 0.6) is 5.75 Å². The van der Waals surface area contributed by atoms with Crippen molar-refractivity contribution in [3.63, 3.8) is 0 Å². The van der Waals surface area contributed by atoms with Crippen molar-refractivity contribution >= 4 is 21.8 Å². The van der Waals surface area contributed by atoms with E-state index in [-0.39, 0.29) is 18.7 Å². The number of phenolic OH excluding ortho intramolecular Hbond substituents is 1. The molecule has 1 aromatic carbocycles. The van der Waals surface area contributed by atoms with Crippen molar-refractivity contribution in [2.75, 3.05) is 17.2 Å². The molecule has 0 radical (unpaired) electrons. The molecule has 110 valence electrons. The summed E-state index contributed by atoms with van der Waals surface area (Å²) < 4.78 is 60.2. The van der Waals surface area contributed by atoms with Crippen molar-refractivity contribution in [3.8, 4) is 5.75 Å². The average molecular weight is 309 g/mol. The molecular weight excluding hydrogens is 299 g/mol. The van der Waals surface area contributed by atoms with Gasteiger partial charge >= 0.3 is 10.2 Å². The smallest absolute Gasteiger partial charge is 0.302 e. The summed E-state index contributed by atoms with van der Waals surface area (Å²) in [5, 5.41) is 9.19. The van der Waals surface area contributed by atoms with Crippen LogP contribution < -0.4 is 4.90 Å². The van der Waals surface area contributed by atoms with E-state index in [0.29, 0.717) is 6.07 Å². The van der Waals surface area contributed by atoms with E-state index in [2.05, 4.69) is 0 Å². The summed E-state index contributed by atoms with van der Waals surface area (Å²) in [5.41, 5.74) is -0.368. The maximum atomic E-state index is 13.6. The van der Waals surface area contributed by atoms with E-state index in [0.717, 1.165) is 11.0 Å². The monoisotopic (exact) mass is 309 g/mol. The minimum Gasteiger partial charge on any atom is -0.505 e. The number of halogens is 3. The van der Waals surface area contributed by atoms with Gasteiger partial charge in [0, 0.05) is 31.0 Å². The molecule has 1 fully saturated rings. The summed E-state index contributed by atoms with van der Waals surface area (Å²) in [5.74, 6) is -5.37. The molecule has 1 heterocycles. The lowest BCUT2D eigenvalue weighted by atomic mass is 10.1. The zero-order chi connectivity index (χ0) is 15.1. The Morgan fingerprint density at radius 3 is 2.55 bits per heavy atom. The Bertz CT molecular complexity index is 662. The van der Waals surface area contributed by atoms with Crippen LogP contribution in [-0.4, -0.2) is 31.7 Å². The zero-order valence-corrected chi connectivity index (χ0v) is 10.8. The molecule has 1 saturated heterocycles. The minimum absolute atomic E-state index is 0.218. The Morgan fingerprint density at radius 1 is 1.30 bits per heavy atom. The summed E-state index contributed by atoms with van der Waals surface area (Å²) >= 11 is 0. The molecule has 0 aromatic heterocycles.